The fourth-order valence-corrected chi connectivity index (χ4v) is 5.67. The number of rotatable bonds is 2. The Morgan fingerprint density at radius 2 is 0.852 bits per heavy atom. The molecule has 0 aromatic rings. The van der Waals surface area contributed by atoms with Crippen molar-refractivity contribution in [3.63, 3.8) is 0 Å². The molecular formula is C22H44O4S. The van der Waals surface area contributed by atoms with Gasteiger partial charge in [0.2, 0.25) is 0 Å². The highest BCUT2D eigenvalue weighted by Gasteiger charge is 2.20. The van der Waals surface area contributed by atoms with E-state index in [0.717, 1.165) is 24.7 Å². The van der Waals surface area contributed by atoms with Crippen molar-refractivity contribution < 1.29 is 17.9 Å². The van der Waals surface area contributed by atoms with Crippen LogP contribution in [0.15, 0.2) is 0 Å². The molecule has 0 bridgehead atoms. The molecule has 4 nitrogen and oxygen atoms in total. The molecule has 162 valence electrons. The third kappa shape index (κ3) is 11.5. The van der Waals surface area contributed by atoms with E-state index < -0.39 is 9.84 Å². The second kappa shape index (κ2) is 13.2. The largest absolute Gasteiger partial charge is 0.381 e. The molecule has 0 aromatic carbocycles. The monoisotopic (exact) mass is 404 g/mol. The molecule has 3 aliphatic rings. The van der Waals surface area contributed by atoms with Crippen LogP contribution in [0.5, 0.6) is 0 Å². The quantitative estimate of drug-likeness (QED) is 0.630. The average molecular weight is 405 g/mol. The van der Waals surface area contributed by atoms with Gasteiger partial charge in [0.25, 0.3) is 0 Å². The average Bonchev–Trinajstić information content (AvgIpc) is 2.67. The third-order valence-electron chi connectivity index (χ3n) is 6.44. The standard InChI is InChI=1S/2C8H16O.C6H12O2S/c2*1-7-3-5-8(9-2)6-4-7;1-6-2-4-9(7,8)5-3-6/h2*7-8H,3-6H2,1-2H3;6H,2-5H2,1H3. The van der Waals surface area contributed by atoms with Crippen molar-refractivity contribution in [2.45, 2.75) is 97.2 Å². The van der Waals surface area contributed by atoms with E-state index in [1.165, 1.54) is 51.4 Å². The lowest BCUT2D eigenvalue weighted by atomic mass is 9.89. The zero-order valence-corrected chi connectivity index (χ0v) is 19.2. The predicted molar refractivity (Wildman–Crippen MR) is 114 cm³/mol. The van der Waals surface area contributed by atoms with E-state index in [0.29, 0.717) is 29.6 Å². The molecule has 5 heteroatoms. The van der Waals surface area contributed by atoms with Gasteiger partial charge in [-0.1, -0.05) is 20.8 Å². The van der Waals surface area contributed by atoms with E-state index in [2.05, 4.69) is 20.8 Å². The summed E-state index contributed by atoms with van der Waals surface area (Å²) in [6, 6.07) is 0. The van der Waals surface area contributed by atoms with Gasteiger partial charge >= 0.3 is 0 Å². The van der Waals surface area contributed by atoms with Crippen molar-refractivity contribution in [1.29, 1.82) is 0 Å². The van der Waals surface area contributed by atoms with E-state index in [1.54, 1.807) is 0 Å². The Morgan fingerprint density at radius 1 is 0.556 bits per heavy atom. The maximum absolute atomic E-state index is 10.8. The molecule has 2 saturated carbocycles. The smallest absolute Gasteiger partial charge is 0.150 e. The Hall–Kier alpha value is -0.130. The summed E-state index contributed by atoms with van der Waals surface area (Å²) < 4.78 is 32.1. The lowest BCUT2D eigenvalue weighted by molar-refractivity contribution is 0.0592. The van der Waals surface area contributed by atoms with Crippen LogP contribution < -0.4 is 0 Å². The fraction of sp³-hybridized carbons (Fsp3) is 1.00. The van der Waals surface area contributed by atoms with Crippen LogP contribution in [0.25, 0.3) is 0 Å². The van der Waals surface area contributed by atoms with E-state index in [4.69, 9.17) is 9.47 Å². The number of hydrogen-bond acceptors (Lipinski definition) is 4. The Labute approximate surface area is 168 Å². The van der Waals surface area contributed by atoms with Gasteiger partial charge < -0.3 is 9.47 Å². The summed E-state index contributed by atoms with van der Waals surface area (Å²) in [6.07, 6.45) is 13.4. The van der Waals surface area contributed by atoms with Crippen LogP contribution in [0.3, 0.4) is 0 Å². The van der Waals surface area contributed by atoms with Crippen LogP contribution in [0, 0.1) is 17.8 Å². The zero-order chi connectivity index (χ0) is 20.3. The van der Waals surface area contributed by atoms with Crippen LogP contribution in [0.4, 0.5) is 0 Å². The lowest BCUT2D eigenvalue weighted by Gasteiger charge is -2.24. The molecule has 1 saturated heterocycles. The van der Waals surface area contributed by atoms with Crippen LogP contribution in [-0.2, 0) is 19.3 Å². The second-order valence-corrected chi connectivity index (χ2v) is 11.4. The number of ether oxygens (including phenoxy) is 2. The summed E-state index contributed by atoms with van der Waals surface area (Å²) in [5.74, 6) is 3.32. The summed E-state index contributed by atoms with van der Waals surface area (Å²) in [6.45, 7) is 6.76. The summed E-state index contributed by atoms with van der Waals surface area (Å²) in [5, 5.41) is 0. The molecule has 27 heavy (non-hydrogen) atoms. The summed E-state index contributed by atoms with van der Waals surface area (Å²) in [7, 11) is 1.02. The van der Waals surface area contributed by atoms with Gasteiger partial charge in [-0.2, -0.15) is 0 Å². The minimum atomic E-state index is -2.62. The molecule has 3 fully saturated rings. The van der Waals surface area contributed by atoms with E-state index in [-0.39, 0.29) is 0 Å². The molecular weight excluding hydrogens is 360 g/mol. The number of hydrogen-bond donors (Lipinski definition) is 0. The molecule has 0 N–H and O–H groups in total. The number of methoxy groups -OCH3 is 2. The molecule has 3 rings (SSSR count). The minimum absolute atomic E-state index is 0.411. The molecule has 0 aromatic heterocycles. The van der Waals surface area contributed by atoms with Gasteiger partial charge in [-0.15, -0.1) is 0 Å². The number of sulfone groups is 1. The first kappa shape index (κ1) is 24.9. The van der Waals surface area contributed by atoms with Gasteiger partial charge in [0.05, 0.1) is 23.7 Å². The summed E-state index contributed by atoms with van der Waals surface area (Å²) >= 11 is 0. The highest BCUT2D eigenvalue weighted by molar-refractivity contribution is 7.91. The molecule has 2 aliphatic carbocycles. The first-order chi connectivity index (χ1) is 12.8. The first-order valence-electron chi connectivity index (χ1n) is 11.0. The van der Waals surface area contributed by atoms with Gasteiger partial charge in [0, 0.05) is 14.2 Å². The molecule has 0 amide bonds. The van der Waals surface area contributed by atoms with E-state index in [1.807, 2.05) is 14.2 Å². The fourth-order valence-electron chi connectivity index (χ4n) is 3.94. The highest BCUT2D eigenvalue weighted by Crippen LogP contribution is 2.25. The van der Waals surface area contributed by atoms with Gasteiger partial charge in [0.1, 0.15) is 9.84 Å². The van der Waals surface area contributed by atoms with Crippen molar-refractivity contribution in [1.82, 2.24) is 0 Å². The van der Waals surface area contributed by atoms with Crippen molar-refractivity contribution in [3.8, 4) is 0 Å². The van der Waals surface area contributed by atoms with Crippen molar-refractivity contribution in [3.05, 3.63) is 0 Å². The normalized spacial score (nSPS) is 33.8. The first-order valence-corrected chi connectivity index (χ1v) is 12.8. The predicted octanol–water partition coefficient (Wildman–Crippen LogP) is 5.25. The summed E-state index contributed by atoms with van der Waals surface area (Å²) in [4.78, 5) is 0. The lowest BCUT2D eigenvalue weighted by Crippen LogP contribution is -2.21. The van der Waals surface area contributed by atoms with Gasteiger partial charge in [0.15, 0.2) is 0 Å². The van der Waals surface area contributed by atoms with Gasteiger partial charge in [-0.25, -0.2) is 8.42 Å². The maximum atomic E-state index is 10.8. The van der Waals surface area contributed by atoms with Crippen LogP contribution in [0.2, 0.25) is 0 Å². The topological polar surface area (TPSA) is 52.6 Å². The Balaban J connectivity index is 0.000000202. The van der Waals surface area contributed by atoms with E-state index in [9.17, 15) is 8.42 Å². The third-order valence-corrected chi connectivity index (χ3v) is 8.15. The maximum Gasteiger partial charge on any atom is 0.150 e. The molecule has 0 atom stereocenters. The molecule has 0 unspecified atom stereocenters. The molecule has 0 radical (unpaired) electrons. The molecule has 1 aliphatic heterocycles. The Kier molecular flexibility index (Phi) is 12.1. The van der Waals surface area contributed by atoms with E-state index >= 15 is 0 Å². The highest BCUT2D eigenvalue weighted by atomic mass is 32.2. The van der Waals surface area contributed by atoms with Crippen LogP contribution in [0.1, 0.15) is 85.0 Å². The SMILES string of the molecule is CC1CCS(=O)(=O)CC1.COC1CCC(C)CC1.COC1CCC(C)CC1. The molecule has 0 spiro atoms. The van der Waals surface area contributed by atoms with Gasteiger partial charge in [-0.3, -0.25) is 0 Å². The Bertz CT molecular complexity index is 425. The van der Waals surface area contributed by atoms with Crippen molar-refractivity contribution in [2.75, 3.05) is 25.7 Å². The van der Waals surface area contributed by atoms with Gasteiger partial charge in [-0.05, 0) is 82.0 Å². The zero-order valence-electron chi connectivity index (χ0n) is 18.4. The van der Waals surface area contributed by atoms with Crippen molar-refractivity contribution in [2.24, 2.45) is 17.8 Å². The van der Waals surface area contributed by atoms with Crippen molar-refractivity contribution >= 4 is 9.84 Å². The van der Waals surface area contributed by atoms with Crippen LogP contribution >= 0.6 is 0 Å². The molecule has 1 heterocycles. The Morgan fingerprint density at radius 3 is 1.11 bits per heavy atom. The second-order valence-electron chi connectivity index (χ2n) is 9.07. The summed E-state index contributed by atoms with van der Waals surface area (Å²) in [5.41, 5.74) is 0. The van der Waals surface area contributed by atoms with Crippen LogP contribution in [-0.4, -0.2) is 46.4 Å². The minimum Gasteiger partial charge on any atom is -0.381 e.